The third-order valence-corrected chi connectivity index (χ3v) is 4.11. The summed E-state index contributed by atoms with van der Waals surface area (Å²) < 4.78 is 0. The first-order chi connectivity index (χ1) is 9.99. The van der Waals surface area contributed by atoms with Crippen LogP contribution in [-0.2, 0) is 4.79 Å². The summed E-state index contributed by atoms with van der Waals surface area (Å²) >= 11 is 0. The number of anilines is 2. The van der Waals surface area contributed by atoms with Gasteiger partial charge in [0.1, 0.15) is 6.04 Å². The van der Waals surface area contributed by atoms with Crippen LogP contribution in [0.2, 0.25) is 0 Å². The summed E-state index contributed by atoms with van der Waals surface area (Å²) in [6, 6.07) is 6.06. The first-order valence-electron chi connectivity index (χ1n) is 7.82. The molecule has 0 saturated carbocycles. The molecule has 2 rings (SSSR count). The minimum Gasteiger partial charge on any atom is -0.377 e. The molecule has 0 spiro atoms. The molecule has 0 bridgehead atoms. The van der Waals surface area contributed by atoms with E-state index < -0.39 is 0 Å². The van der Waals surface area contributed by atoms with Crippen molar-refractivity contribution in [3.05, 3.63) is 23.8 Å². The molecular formula is C17H27N3O. The molecule has 1 N–H and O–H groups in total. The molecule has 1 aliphatic rings. The van der Waals surface area contributed by atoms with Gasteiger partial charge in [0, 0.05) is 38.6 Å². The molecule has 0 aromatic heterocycles. The second-order valence-corrected chi connectivity index (χ2v) is 6.15. The molecule has 4 nitrogen and oxygen atoms in total. The van der Waals surface area contributed by atoms with Gasteiger partial charge < -0.3 is 15.1 Å². The number of amides is 1. The summed E-state index contributed by atoms with van der Waals surface area (Å²) in [5.74, 6) is 0.210. The second kappa shape index (κ2) is 6.83. The van der Waals surface area contributed by atoms with Crippen molar-refractivity contribution < 1.29 is 4.79 Å². The standard InChI is InChI=1S/C17H27N3O/c1-13-8-9-15(12-16(13)19(3)4)18-14(2)17(21)20-10-6-5-7-11-20/h8-9,12,14,18H,5-7,10-11H2,1-4H3. The van der Waals surface area contributed by atoms with E-state index >= 15 is 0 Å². The van der Waals surface area contributed by atoms with Gasteiger partial charge in [-0.1, -0.05) is 6.07 Å². The zero-order valence-electron chi connectivity index (χ0n) is 13.6. The molecule has 0 aliphatic carbocycles. The van der Waals surface area contributed by atoms with Crippen LogP contribution in [0.4, 0.5) is 11.4 Å². The minimum absolute atomic E-state index is 0.180. The smallest absolute Gasteiger partial charge is 0.244 e. The van der Waals surface area contributed by atoms with Gasteiger partial charge in [-0.25, -0.2) is 0 Å². The van der Waals surface area contributed by atoms with Crippen LogP contribution in [0.3, 0.4) is 0 Å². The van der Waals surface area contributed by atoms with Crippen molar-refractivity contribution in [2.24, 2.45) is 0 Å². The molecule has 1 unspecified atom stereocenters. The number of nitrogens with one attached hydrogen (secondary N) is 1. The Morgan fingerprint density at radius 2 is 1.90 bits per heavy atom. The monoisotopic (exact) mass is 289 g/mol. The third kappa shape index (κ3) is 3.90. The molecule has 1 aliphatic heterocycles. The minimum atomic E-state index is -0.180. The molecule has 116 valence electrons. The molecule has 1 amide bonds. The van der Waals surface area contributed by atoms with E-state index in [4.69, 9.17) is 0 Å². The number of carbonyl (C=O) groups excluding carboxylic acids is 1. The average Bonchev–Trinajstić information content (AvgIpc) is 2.49. The Morgan fingerprint density at radius 3 is 2.52 bits per heavy atom. The van der Waals surface area contributed by atoms with Crippen molar-refractivity contribution in [2.45, 2.75) is 39.2 Å². The van der Waals surface area contributed by atoms with Gasteiger partial charge in [0.15, 0.2) is 0 Å². The normalized spacial score (nSPS) is 16.5. The fourth-order valence-electron chi connectivity index (χ4n) is 2.88. The van der Waals surface area contributed by atoms with Crippen molar-refractivity contribution in [1.29, 1.82) is 0 Å². The van der Waals surface area contributed by atoms with Crippen LogP contribution in [0.25, 0.3) is 0 Å². The Morgan fingerprint density at radius 1 is 1.24 bits per heavy atom. The van der Waals surface area contributed by atoms with E-state index in [1.54, 1.807) is 0 Å². The molecule has 21 heavy (non-hydrogen) atoms. The lowest BCUT2D eigenvalue weighted by atomic mass is 10.1. The number of aryl methyl sites for hydroxylation is 1. The number of nitrogens with zero attached hydrogens (tertiary/aromatic N) is 2. The number of piperidine rings is 1. The van der Waals surface area contributed by atoms with Crippen molar-refractivity contribution >= 4 is 17.3 Å². The molecule has 1 fully saturated rings. The quantitative estimate of drug-likeness (QED) is 0.926. The first-order valence-corrected chi connectivity index (χ1v) is 7.82. The largest absolute Gasteiger partial charge is 0.377 e. The highest BCUT2D eigenvalue weighted by molar-refractivity contribution is 5.84. The Kier molecular flexibility index (Phi) is 5.10. The van der Waals surface area contributed by atoms with Crippen LogP contribution < -0.4 is 10.2 Å². The average molecular weight is 289 g/mol. The van der Waals surface area contributed by atoms with E-state index in [1.165, 1.54) is 17.7 Å². The van der Waals surface area contributed by atoms with E-state index in [0.717, 1.165) is 31.6 Å². The van der Waals surface area contributed by atoms with E-state index in [1.807, 2.05) is 32.0 Å². The maximum atomic E-state index is 12.4. The predicted molar refractivity (Wildman–Crippen MR) is 89.0 cm³/mol. The predicted octanol–water partition coefficient (Wildman–Crippen LogP) is 2.87. The zero-order valence-corrected chi connectivity index (χ0v) is 13.6. The maximum absolute atomic E-state index is 12.4. The number of rotatable bonds is 4. The zero-order chi connectivity index (χ0) is 15.4. The van der Waals surface area contributed by atoms with Gasteiger partial charge in [-0.15, -0.1) is 0 Å². The first kappa shape index (κ1) is 15.7. The molecule has 1 atom stereocenters. The summed E-state index contributed by atoms with van der Waals surface area (Å²) in [6.45, 7) is 5.86. The van der Waals surface area contributed by atoms with E-state index in [9.17, 15) is 4.79 Å². The number of hydrogen-bond donors (Lipinski definition) is 1. The van der Waals surface area contributed by atoms with Crippen molar-refractivity contribution in [2.75, 3.05) is 37.4 Å². The molecular weight excluding hydrogens is 262 g/mol. The second-order valence-electron chi connectivity index (χ2n) is 6.15. The molecule has 0 radical (unpaired) electrons. The fourth-order valence-corrected chi connectivity index (χ4v) is 2.88. The molecule has 1 aromatic rings. The summed E-state index contributed by atoms with van der Waals surface area (Å²) in [6.07, 6.45) is 3.51. The third-order valence-electron chi connectivity index (χ3n) is 4.11. The number of carbonyl (C=O) groups is 1. The molecule has 1 saturated heterocycles. The van der Waals surface area contributed by atoms with Crippen molar-refractivity contribution in [1.82, 2.24) is 4.90 Å². The number of likely N-dealkylation sites (tertiary alicyclic amines) is 1. The van der Waals surface area contributed by atoms with Crippen LogP contribution >= 0.6 is 0 Å². The Bertz CT molecular complexity index is 493. The van der Waals surface area contributed by atoms with Crippen LogP contribution in [0.5, 0.6) is 0 Å². The van der Waals surface area contributed by atoms with Gasteiger partial charge in [0.25, 0.3) is 0 Å². The number of hydrogen-bond acceptors (Lipinski definition) is 3. The Balaban J connectivity index is 2.03. The highest BCUT2D eigenvalue weighted by Crippen LogP contribution is 2.23. The van der Waals surface area contributed by atoms with Gasteiger partial charge in [0.05, 0.1) is 0 Å². The van der Waals surface area contributed by atoms with Crippen LogP contribution in [0, 0.1) is 6.92 Å². The van der Waals surface area contributed by atoms with Crippen molar-refractivity contribution in [3.8, 4) is 0 Å². The topological polar surface area (TPSA) is 35.6 Å². The van der Waals surface area contributed by atoms with Gasteiger partial charge in [-0.3, -0.25) is 4.79 Å². The van der Waals surface area contributed by atoms with Crippen LogP contribution in [0.1, 0.15) is 31.7 Å². The highest BCUT2D eigenvalue weighted by Gasteiger charge is 2.22. The van der Waals surface area contributed by atoms with E-state index in [2.05, 4.69) is 29.3 Å². The summed E-state index contributed by atoms with van der Waals surface area (Å²) in [4.78, 5) is 16.5. The van der Waals surface area contributed by atoms with Gasteiger partial charge in [0.2, 0.25) is 5.91 Å². The summed E-state index contributed by atoms with van der Waals surface area (Å²) in [5, 5.41) is 3.34. The van der Waals surface area contributed by atoms with E-state index in [-0.39, 0.29) is 11.9 Å². The lowest BCUT2D eigenvalue weighted by molar-refractivity contribution is -0.132. The van der Waals surface area contributed by atoms with E-state index in [0.29, 0.717) is 0 Å². The lowest BCUT2D eigenvalue weighted by Gasteiger charge is -2.30. The summed E-state index contributed by atoms with van der Waals surface area (Å²) in [5.41, 5.74) is 3.42. The molecule has 4 heteroatoms. The highest BCUT2D eigenvalue weighted by atomic mass is 16.2. The lowest BCUT2D eigenvalue weighted by Crippen LogP contribution is -2.43. The Labute approximate surface area is 128 Å². The van der Waals surface area contributed by atoms with Crippen molar-refractivity contribution in [3.63, 3.8) is 0 Å². The fraction of sp³-hybridized carbons (Fsp3) is 0.588. The van der Waals surface area contributed by atoms with Gasteiger partial charge in [-0.2, -0.15) is 0 Å². The summed E-state index contributed by atoms with van der Waals surface area (Å²) in [7, 11) is 4.07. The molecule has 1 heterocycles. The maximum Gasteiger partial charge on any atom is 0.244 e. The molecule has 1 aromatic carbocycles. The van der Waals surface area contributed by atoms with Crippen LogP contribution in [-0.4, -0.2) is 44.0 Å². The SMILES string of the molecule is Cc1ccc(NC(C)C(=O)N2CCCCC2)cc1N(C)C. The van der Waals surface area contributed by atoms with Gasteiger partial charge >= 0.3 is 0 Å². The van der Waals surface area contributed by atoms with Crippen LogP contribution in [0.15, 0.2) is 18.2 Å². The Hall–Kier alpha value is -1.71. The van der Waals surface area contributed by atoms with Gasteiger partial charge in [-0.05, 0) is 50.8 Å². The number of benzene rings is 1.